The van der Waals surface area contributed by atoms with E-state index in [1.807, 2.05) is 18.2 Å². The first-order chi connectivity index (χ1) is 16.0. The minimum Gasteiger partial charge on any atom is -0.497 e. The summed E-state index contributed by atoms with van der Waals surface area (Å²) in [4.78, 5) is 27.9. The van der Waals surface area contributed by atoms with Crippen LogP contribution in [0.2, 0.25) is 0 Å². The molecule has 0 bridgehead atoms. The molecule has 1 aromatic heterocycles. The van der Waals surface area contributed by atoms with E-state index in [9.17, 15) is 14.0 Å². The van der Waals surface area contributed by atoms with Crippen molar-refractivity contribution in [3.8, 4) is 5.75 Å². The molecule has 0 amide bonds. The van der Waals surface area contributed by atoms with Crippen LogP contribution in [0, 0.1) is 11.7 Å². The van der Waals surface area contributed by atoms with Gasteiger partial charge in [0.25, 0.3) is 5.56 Å². The van der Waals surface area contributed by atoms with Gasteiger partial charge >= 0.3 is 5.97 Å². The number of methoxy groups -OCH3 is 1. The number of aromatic nitrogens is 1. The van der Waals surface area contributed by atoms with Gasteiger partial charge in [0.05, 0.1) is 31.7 Å². The Labute approximate surface area is 192 Å². The van der Waals surface area contributed by atoms with Gasteiger partial charge in [-0.05, 0) is 56.0 Å². The largest absolute Gasteiger partial charge is 0.497 e. The number of piperidine rings is 1. The maximum absolute atomic E-state index is 14.4. The number of carbonyl (C=O) groups is 1. The van der Waals surface area contributed by atoms with Crippen molar-refractivity contribution >= 4 is 16.9 Å². The molecule has 0 aliphatic carbocycles. The molecular weight excluding hydrogens is 423 g/mol. The summed E-state index contributed by atoms with van der Waals surface area (Å²) in [5, 5.41) is 0.876. The van der Waals surface area contributed by atoms with Gasteiger partial charge in [0.1, 0.15) is 11.6 Å². The Balaban J connectivity index is 1.70. The topological polar surface area (TPSA) is 60.8 Å². The molecule has 1 saturated heterocycles. The molecule has 1 aliphatic heterocycles. The van der Waals surface area contributed by atoms with Crippen molar-refractivity contribution in [2.75, 3.05) is 26.8 Å². The Bertz CT molecular complexity index is 1210. The number of hydrogen-bond acceptors (Lipinski definition) is 5. The lowest BCUT2D eigenvalue weighted by Crippen LogP contribution is -2.40. The fourth-order valence-corrected chi connectivity index (χ4v) is 4.50. The van der Waals surface area contributed by atoms with Crippen LogP contribution in [0.5, 0.6) is 5.75 Å². The van der Waals surface area contributed by atoms with Crippen molar-refractivity contribution < 1.29 is 18.7 Å². The van der Waals surface area contributed by atoms with E-state index in [1.165, 1.54) is 6.07 Å². The second kappa shape index (κ2) is 10.2. The molecule has 174 valence electrons. The van der Waals surface area contributed by atoms with E-state index in [1.54, 1.807) is 42.9 Å². The van der Waals surface area contributed by atoms with Crippen LogP contribution in [0.4, 0.5) is 4.39 Å². The third kappa shape index (κ3) is 5.09. The monoisotopic (exact) mass is 452 g/mol. The zero-order valence-electron chi connectivity index (χ0n) is 19.1. The number of esters is 1. The summed E-state index contributed by atoms with van der Waals surface area (Å²) in [6, 6.07) is 13.9. The van der Waals surface area contributed by atoms with E-state index in [-0.39, 0.29) is 29.8 Å². The molecule has 0 unspecified atom stereocenters. The number of rotatable bonds is 7. The van der Waals surface area contributed by atoms with Crippen molar-refractivity contribution in [2.24, 2.45) is 5.92 Å². The first-order valence-electron chi connectivity index (χ1n) is 11.3. The Morgan fingerprint density at radius 3 is 2.70 bits per heavy atom. The Morgan fingerprint density at radius 1 is 1.12 bits per heavy atom. The van der Waals surface area contributed by atoms with Crippen LogP contribution in [0.3, 0.4) is 0 Å². The predicted molar refractivity (Wildman–Crippen MR) is 125 cm³/mol. The van der Waals surface area contributed by atoms with Gasteiger partial charge in [0.15, 0.2) is 0 Å². The van der Waals surface area contributed by atoms with Crippen LogP contribution in [-0.2, 0) is 22.6 Å². The number of carbonyl (C=O) groups excluding carboxylic acids is 1. The predicted octanol–water partition coefficient (Wildman–Crippen LogP) is 3.97. The summed E-state index contributed by atoms with van der Waals surface area (Å²) < 4.78 is 26.6. The number of likely N-dealkylation sites (tertiary alicyclic amines) is 1. The number of ether oxygens (including phenoxy) is 2. The zero-order chi connectivity index (χ0) is 23.4. The third-order valence-electron chi connectivity index (χ3n) is 6.18. The standard InChI is InChI=1S/C26H29FN2O4/c1-3-33-26(31)20-8-6-12-28(15-20)16-21-13-18-10-11-22(32-2)14-24(18)29(25(21)30)17-19-7-4-5-9-23(19)27/h4-5,7,9-11,13-14,20H,3,6,8,12,15-17H2,1-2H3/t20-/m1/s1. The lowest BCUT2D eigenvalue weighted by molar-refractivity contribution is -0.150. The summed E-state index contributed by atoms with van der Waals surface area (Å²) in [5.41, 5.74) is 1.58. The number of benzene rings is 2. The number of pyridine rings is 1. The second-order valence-corrected chi connectivity index (χ2v) is 8.40. The first kappa shape index (κ1) is 23.0. The lowest BCUT2D eigenvalue weighted by Gasteiger charge is -2.31. The van der Waals surface area contributed by atoms with E-state index in [0.717, 1.165) is 24.8 Å². The normalized spacial score (nSPS) is 16.6. The highest BCUT2D eigenvalue weighted by molar-refractivity contribution is 5.81. The van der Waals surface area contributed by atoms with Gasteiger partial charge in [-0.3, -0.25) is 14.5 Å². The van der Waals surface area contributed by atoms with Crippen LogP contribution < -0.4 is 10.3 Å². The number of hydrogen-bond donors (Lipinski definition) is 0. The van der Waals surface area contributed by atoms with E-state index in [0.29, 0.717) is 42.1 Å². The Kier molecular flexibility index (Phi) is 7.08. The molecule has 33 heavy (non-hydrogen) atoms. The summed E-state index contributed by atoms with van der Waals surface area (Å²) in [6.07, 6.45) is 1.67. The van der Waals surface area contributed by atoms with Gasteiger partial charge in [-0.2, -0.15) is 0 Å². The number of halogens is 1. The minimum atomic E-state index is -0.348. The smallest absolute Gasteiger partial charge is 0.310 e. The average Bonchev–Trinajstić information content (AvgIpc) is 2.83. The van der Waals surface area contributed by atoms with E-state index >= 15 is 0 Å². The molecule has 0 spiro atoms. The van der Waals surface area contributed by atoms with Gasteiger partial charge in [0.2, 0.25) is 0 Å². The number of nitrogens with zero attached hydrogens (tertiary/aromatic N) is 2. The van der Waals surface area contributed by atoms with E-state index < -0.39 is 0 Å². The molecule has 1 aliphatic rings. The van der Waals surface area contributed by atoms with Crippen molar-refractivity contribution in [1.29, 1.82) is 0 Å². The second-order valence-electron chi connectivity index (χ2n) is 8.40. The Morgan fingerprint density at radius 2 is 1.94 bits per heavy atom. The summed E-state index contributed by atoms with van der Waals surface area (Å²) in [5.74, 6) is -0.0711. The quantitative estimate of drug-likeness (QED) is 0.508. The van der Waals surface area contributed by atoms with E-state index in [4.69, 9.17) is 9.47 Å². The molecule has 0 N–H and O–H groups in total. The molecule has 7 heteroatoms. The molecule has 2 heterocycles. The van der Waals surface area contributed by atoms with Crippen molar-refractivity contribution in [2.45, 2.75) is 32.9 Å². The molecule has 3 aromatic rings. The minimum absolute atomic E-state index is 0.120. The van der Waals surface area contributed by atoms with Crippen LogP contribution in [0.1, 0.15) is 30.9 Å². The summed E-state index contributed by atoms with van der Waals surface area (Å²) >= 11 is 0. The molecule has 2 aromatic carbocycles. The van der Waals surface area contributed by atoms with Crippen LogP contribution in [-0.4, -0.2) is 42.2 Å². The van der Waals surface area contributed by atoms with Gasteiger partial charge in [-0.1, -0.05) is 18.2 Å². The maximum Gasteiger partial charge on any atom is 0.310 e. The maximum atomic E-state index is 14.4. The van der Waals surface area contributed by atoms with Crippen molar-refractivity contribution in [3.63, 3.8) is 0 Å². The molecule has 1 fully saturated rings. The van der Waals surface area contributed by atoms with Crippen LogP contribution in [0.15, 0.2) is 53.3 Å². The summed E-state index contributed by atoms with van der Waals surface area (Å²) in [6.45, 7) is 4.09. The van der Waals surface area contributed by atoms with Gasteiger partial charge in [-0.25, -0.2) is 4.39 Å². The molecule has 6 nitrogen and oxygen atoms in total. The van der Waals surface area contributed by atoms with Gasteiger partial charge in [0, 0.05) is 30.3 Å². The number of fused-ring (bicyclic) bond motifs is 1. The SMILES string of the molecule is CCOC(=O)[C@@H]1CCCN(Cc2cc3ccc(OC)cc3n(Cc3ccccc3F)c2=O)C1. The van der Waals surface area contributed by atoms with Crippen LogP contribution in [0.25, 0.3) is 10.9 Å². The highest BCUT2D eigenvalue weighted by Gasteiger charge is 2.27. The highest BCUT2D eigenvalue weighted by atomic mass is 19.1. The van der Waals surface area contributed by atoms with E-state index in [2.05, 4.69) is 4.90 Å². The summed E-state index contributed by atoms with van der Waals surface area (Å²) in [7, 11) is 1.57. The molecule has 1 atom stereocenters. The molecule has 4 rings (SSSR count). The molecular formula is C26H29FN2O4. The first-order valence-corrected chi connectivity index (χ1v) is 11.3. The third-order valence-corrected chi connectivity index (χ3v) is 6.18. The fourth-order valence-electron chi connectivity index (χ4n) is 4.50. The molecule has 0 saturated carbocycles. The lowest BCUT2D eigenvalue weighted by atomic mass is 9.97. The van der Waals surface area contributed by atoms with Gasteiger partial charge in [-0.15, -0.1) is 0 Å². The average molecular weight is 453 g/mol. The van der Waals surface area contributed by atoms with Crippen molar-refractivity contribution in [1.82, 2.24) is 9.47 Å². The fraction of sp³-hybridized carbons (Fsp3) is 0.385. The zero-order valence-corrected chi connectivity index (χ0v) is 19.1. The van der Waals surface area contributed by atoms with Gasteiger partial charge < -0.3 is 14.0 Å². The Hall–Kier alpha value is -3.19. The van der Waals surface area contributed by atoms with Crippen molar-refractivity contribution in [3.05, 3.63) is 75.8 Å². The van der Waals surface area contributed by atoms with Crippen LogP contribution >= 0.6 is 0 Å². The highest BCUT2D eigenvalue weighted by Crippen LogP contribution is 2.24. The molecule has 0 radical (unpaired) electrons.